The van der Waals surface area contributed by atoms with Gasteiger partial charge in [0.25, 0.3) is 0 Å². The van der Waals surface area contributed by atoms with Crippen molar-refractivity contribution < 1.29 is 4.39 Å². The summed E-state index contributed by atoms with van der Waals surface area (Å²) in [6.07, 6.45) is 0. The van der Waals surface area contributed by atoms with E-state index in [9.17, 15) is 4.39 Å². The summed E-state index contributed by atoms with van der Waals surface area (Å²) >= 11 is 0. The average Bonchev–Trinajstić information content (AvgIpc) is 2.38. The fraction of sp³-hybridized carbons (Fsp3) is 0.0625. The molecule has 0 saturated heterocycles. The Balaban J connectivity index is 2.28. The Kier molecular flexibility index (Phi) is 3.41. The van der Waals surface area contributed by atoms with Crippen LogP contribution in [0.1, 0.15) is 22.3 Å². The predicted molar refractivity (Wildman–Crippen MR) is 68.3 cm³/mol. The molecule has 0 amide bonds. The lowest BCUT2D eigenvalue weighted by molar-refractivity contribution is 0.623. The Morgan fingerprint density at radius 2 is 1.56 bits per heavy atom. The lowest BCUT2D eigenvalue weighted by atomic mass is 10.1. The molecule has 0 radical (unpaired) electrons. The molecular formula is C16H10FN. The number of nitrogens with zero attached hydrogens (tertiary/aromatic N) is 1. The summed E-state index contributed by atoms with van der Waals surface area (Å²) in [5.74, 6) is 5.29. The van der Waals surface area contributed by atoms with Crippen molar-refractivity contribution in [1.82, 2.24) is 0 Å². The van der Waals surface area contributed by atoms with E-state index in [0.717, 1.165) is 5.56 Å². The van der Waals surface area contributed by atoms with Gasteiger partial charge in [0.05, 0.1) is 5.56 Å². The monoisotopic (exact) mass is 235 g/mol. The molecule has 0 spiro atoms. The third-order valence-corrected chi connectivity index (χ3v) is 2.49. The summed E-state index contributed by atoms with van der Waals surface area (Å²) < 4.78 is 13.3. The molecule has 2 aromatic carbocycles. The van der Waals surface area contributed by atoms with Crippen LogP contribution >= 0.6 is 0 Å². The standard InChI is InChI=1S/C16H10FN/c1-12-2-4-13(5-3-12)6-7-14-8-9-15(11-18)16(17)10-14/h2-5,8-10H,1H3. The summed E-state index contributed by atoms with van der Waals surface area (Å²) in [7, 11) is 0. The zero-order valence-corrected chi connectivity index (χ0v) is 9.87. The molecule has 2 aromatic rings. The molecule has 0 bridgehead atoms. The van der Waals surface area contributed by atoms with Crippen molar-refractivity contribution in [3.63, 3.8) is 0 Å². The van der Waals surface area contributed by atoms with Gasteiger partial charge >= 0.3 is 0 Å². The van der Waals surface area contributed by atoms with Gasteiger partial charge < -0.3 is 0 Å². The highest BCUT2D eigenvalue weighted by molar-refractivity contribution is 5.45. The third kappa shape index (κ3) is 2.75. The molecule has 0 aromatic heterocycles. The van der Waals surface area contributed by atoms with Gasteiger partial charge in [0.2, 0.25) is 0 Å². The van der Waals surface area contributed by atoms with E-state index in [2.05, 4.69) is 11.8 Å². The van der Waals surface area contributed by atoms with Crippen LogP contribution < -0.4 is 0 Å². The Labute approximate surface area is 106 Å². The topological polar surface area (TPSA) is 23.8 Å². The van der Waals surface area contributed by atoms with Gasteiger partial charge in [-0.15, -0.1) is 0 Å². The van der Waals surface area contributed by atoms with Gasteiger partial charge in [0.15, 0.2) is 0 Å². The number of hydrogen-bond donors (Lipinski definition) is 0. The van der Waals surface area contributed by atoms with E-state index >= 15 is 0 Å². The van der Waals surface area contributed by atoms with Crippen molar-refractivity contribution in [3.8, 4) is 17.9 Å². The van der Waals surface area contributed by atoms with Crippen molar-refractivity contribution in [3.05, 3.63) is 70.5 Å². The van der Waals surface area contributed by atoms with Crippen molar-refractivity contribution in [2.24, 2.45) is 0 Å². The smallest absolute Gasteiger partial charge is 0.142 e. The molecule has 0 saturated carbocycles. The lowest BCUT2D eigenvalue weighted by Gasteiger charge is -1.94. The van der Waals surface area contributed by atoms with E-state index in [1.807, 2.05) is 31.2 Å². The van der Waals surface area contributed by atoms with Crippen LogP contribution in [-0.2, 0) is 0 Å². The van der Waals surface area contributed by atoms with Gasteiger partial charge in [-0.05, 0) is 37.3 Å². The van der Waals surface area contributed by atoms with Crippen LogP contribution in [0.4, 0.5) is 4.39 Å². The van der Waals surface area contributed by atoms with E-state index in [-0.39, 0.29) is 5.56 Å². The normalized spacial score (nSPS) is 9.17. The van der Waals surface area contributed by atoms with E-state index in [1.54, 1.807) is 12.1 Å². The van der Waals surface area contributed by atoms with Crippen LogP contribution in [0.25, 0.3) is 0 Å². The number of hydrogen-bond acceptors (Lipinski definition) is 1. The third-order valence-electron chi connectivity index (χ3n) is 2.49. The Morgan fingerprint density at radius 3 is 2.17 bits per heavy atom. The van der Waals surface area contributed by atoms with Crippen molar-refractivity contribution in [2.75, 3.05) is 0 Å². The number of halogens is 1. The fourth-order valence-electron chi connectivity index (χ4n) is 1.46. The highest BCUT2D eigenvalue weighted by Crippen LogP contribution is 2.09. The van der Waals surface area contributed by atoms with Gasteiger partial charge in [-0.2, -0.15) is 5.26 Å². The molecule has 18 heavy (non-hydrogen) atoms. The van der Waals surface area contributed by atoms with Crippen LogP contribution in [0.2, 0.25) is 0 Å². The molecule has 0 fully saturated rings. The number of nitriles is 1. The maximum atomic E-state index is 13.3. The summed E-state index contributed by atoms with van der Waals surface area (Å²) in [6.45, 7) is 2.01. The van der Waals surface area contributed by atoms with E-state index < -0.39 is 5.82 Å². The van der Waals surface area contributed by atoms with Crippen molar-refractivity contribution in [2.45, 2.75) is 6.92 Å². The van der Waals surface area contributed by atoms with E-state index in [0.29, 0.717) is 5.56 Å². The van der Waals surface area contributed by atoms with Crippen LogP contribution in [0.5, 0.6) is 0 Å². The first-order valence-corrected chi connectivity index (χ1v) is 5.47. The van der Waals surface area contributed by atoms with Crippen LogP contribution in [0.3, 0.4) is 0 Å². The Hall–Kier alpha value is -2.58. The summed E-state index contributed by atoms with van der Waals surface area (Å²) in [5, 5.41) is 8.62. The highest BCUT2D eigenvalue weighted by Gasteiger charge is 2.00. The van der Waals surface area contributed by atoms with Crippen LogP contribution in [0.15, 0.2) is 42.5 Å². The minimum atomic E-state index is -0.534. The molecule has 0 N–H and O–H groups in total. The number of aryl methyl sites for hydroxylation is 1. The maximum absolute atomic E-state index is 13.3. The first kappa shape index (κ1) is 11.9. The lowest BCUT2D eigenvalue weighted by Crippen LogP contribution is -1.85. The summed E-state index contributed by atoms with van der Waals surface area (Å²) in [4.78, 5) is 0. The Bertz CT molecular complexity index is 667. The molecule has 2 rings (SSSR count). The largest absolute Gasteiger partial charge is 0.206 e. The maximum Gasteiger partial charge on any atom is 0.142 e. The van der Waals surface area contributed by atoms with Crippen molar-refractivity contribution >= 4 is 0 Å². The fourth-order valence-corrected chi connectivity index (χ4v) is 1.46. The second kappa shape index (κ2) is 5.17. The molecule has 0 aliphatic heterocycles. The van der Waals surface area contributed by atoms with Gasteiger partial charge in [0, 0.05) is 11.1 Å². The number of benzene rings is 2. The summed E-state index contributed by atoms with van der Waals surface area (Å²) in [6, 6.07) is 13.9. The summed E-state index contributed by atoms with van der Waals surface area (Å²) in [5.41, 5.74) is 2.65. The molecule has 0 atom stereocenters. The molecule has 0 aliphatic rings. The second-order valence-corrected chi connectivity index (χ2v) is 3.92. The van der Waals surface area contributed by atoms with Crippen molar-refractivity contribution in [1.29, 1.82) is 5.26 Å². The molecule has 86 valence electrons. The second-order valence-electron chi connectivity index (χ2n) is 3.92. The predicted octanol–water partition coefficient (Wildman–Crippen LogP) is 3.41. The molecule has 0 unspecified atom stereocenters. The zero-order valence-electron chi connectivity index (χ0n) is 9.87. The molecular weight excluding hydrogens is 225 g/mol. The van der Waals surface area contributed by atoms with E-state index in [1.165, 1.54) is 17.7 Å². The SMILES string of the molecule is Cc1ccc(C#Cc2ccc(C#N)c(F)c2)cc1. The molecule has 1 nitrogen and oxygen atoms in total. The van der Waals surface area contributed by atoms with Crippen LogP contribution in [-0.4, -0.2) is 0 Å². The molecule has 2 heteroatoms. The van der Waals surface area contributed by atoms with Gasteiger partial charge in [-0.25, -0.2) is 4.39 Å². The Morgan fingerprint density at radius 1 is 0.944 bits per heavy atom. The van der Waals surface area contributed by atoms with Gasteiger partial charge in [0.1, 0.15) is 11.9 Å². The molecule has 0 aliphatic carbocycles. The van der Waals surface area contributed by atoms with E-state index in [4.69, 9.17) is 5.26 Å². The average molecular weight is 235 g/mol. The first-order chi connectivity index (χ1) is 8.69. The molecule has 0 heterocycles. The van der Waals surface area contributed by atoms with Crippen LogP contribution in [0, 0.1) is 35.9 Å². The van der Waals surface area contributed by atoms with Gasteiger partial charge in [-0.3, -0.25) is 0 Å². The zero-order chi connectivity index (χ0) is 13.0. The minimum Gasteiger partial charge on any atom is -0.206 e. The minimum absolute atomic E-state index is 0.0379. The highest BCUT2D eigenvalue weighted by atomic mass is 19.1. The quantitative estimate of drug-likeness (QED) is 0.642. The first-order valence-electron chi connectivity index (χ1n) is 5.47. The number of rotatable bonds is 0. The van der Waals surface area contributed by atoms with Gasteiger partial charge in [-0.1, -0.05) is 29.5 Å².